The van der Waals surface area contributed by atoms with Crippen LogP contribution in [-0.2, 0) is 19.6 Å². The van der Waals surface area contributed by atoms with Crippen LogP contribution in [0.15, 0.2) is 59.5 Å². The second-order valence-corrected chi connectivity index (χ2v) is 7.15. The standard InChI is InChI=1S/C17H15F3N2O5S/c18-17(19,20)11-21-15(23)10-27-16(24)12-6-8-14(9-7-12)28(25,26)22-13-4-2-1-3-5-13/h1-9,22H,10-11H2,(H,21,23). The first kappa shape index (κ1) is 21.2. The van der Waals surface area contributed by atoms with Crippen LogP contribution in [0.3, 0.4) is 0 Å². The van der Waals surface area contributed by atoms with E-state index in [1.54, 1.807) is 35.6 Å². The van der Waals surface area contributed by atoms with E-state index in [-0.39, 0.29) is 10.5 Å². The monoisotopic (exact) mass is 416 g/mol. The van der Waals surface area contributed by atoms with Gasteiger partial charge in [-0.1, -0.05) is 18.2 Å². The van der Waals surface area contributed by atoms with Crippen LogP contribution in [0.1, 0.15) is 10.4 Å². The van der Waals surface area contributed by atoms with Crippen molar-refractivity contribution in [2.75, 3.05) is 17.9 Å². The average Bonchev–Trinajstić information content (AvgIpc) is 2.64. The number of anilines is 1. The summed E-state index contributed by atoms with van der Waals surface area (Å²) in [6.07, 6.45) is -4.57. The van der Waals surface area contributed by atoms with Gasteiger partial charge in [0, 0.05) is 5.69 Å². The first-order valence-electron chi connectivity index (χ1n) is 7.75. The van der Waals surface area contributed by atoms with Crippen molar-refractivity contribution in [1.82, 2.24) is 5.32 Å². The molecular weight excluding hydrogens is 401 g/mol. The highest BCUT2D eigenvalue weighted by Crippen LogP contribution is 2.17. The zero-order chi connectivity index (χ0) is 20.8. The lowest BCUT2D eigenvalue weighted by molar-refractivity contribution is -0.140. The van der Waals surface area contributed by atoms with Crippen molar-refractivity contribution < 1.29 is 35.9 Å². The van der Waals surface area contributed by atoms with Gasteiger partial charge in [0.15, 0.2) is 6.61 Å². The zero-order valence-corrected chi connectivity index (χ0v) is 15.0. The third-order valence-corrected chi connectivity index (χ3v) is 4.64. The van der Waals surface area contributed by atoms with Crippen molar-refractivity contribution in [1.29, 1.82) is 0 Å². The minimum Gasteiger partial charge on any atom is -0.452 e. The van der Waals surface area contributed by atoms with E-state index in [0.717, 1.165) is 24.3 Å². The van der Waals surface area contributed by atoms with Gasteiger partial charge in [0.05, 0.1) is 10.5 Å². The maximum absolute atomic E-state index is 12.3. The van der Waals surface area contributed by atoms with Crippen molar-refractivity contribution in [3.8, 4) is 0 Å². The molecule has 2 N–H and O–H groups in total. The van der Waals surface area contributed by atoms with Gasteiger partial charge in [0.2, 0.25) is 0 Å². The number of alkyl halides is 3. The van der Waals surface area contributed by atoms with E-state index in [1.165, 1.54) is 0 Å². The molecule has 0 aliphatic carbocycles. The molecule has 11 heteroatoms. The molecule has 2 aromatic rings. The molecule has 0 aliphatic heterocycles. The summed E-state index contributed by atoms with van der Waals surface area (Å²) in [6.45, 7) is -2.44. The largest absolute Gasteiger partial charge is 0.452 e. The van der Waals surface area contributed by atoms with Gasteiger partial charge in [-0.3, -0.25) is 9.52 Å². The molecule has 0 fully saturated rings. The van der Waals surface area contributed by atoms with Crippen LogP contribution in [0.25, 0.3) is 0 Å². The molecule has 7 nitrogen and oxygen atoms in total. The van der Waals surface area contributed by atoms with Crippen molar-refractivity contribution >= 4 is 27.6 Å². The van der Waals surface area contributed by atoms with Gasteiger partial charge >= 0.3 is 12.1 Å². The Morgan fingerprint density at radius 3 is 2.14 bits per heavy atom. The Morgan fingerprint density at radius 2 is 1.57 bits per heavy atom. The molecule has 0 heterocycles. The lowest BCUT2D eigenvalue weighted by atomic mass is 10.2. The van der Waals surface area contributed by atoms with Crippen molar-refractivity contribution in [3.63, 3.8) is 0 Å². The molecule has 0 unspecified atom stereocenters. The molecule has 0 saturated carbocycles. The highest BCUT2D eigenvalue weighted by molar-refractivity contribution is 7.92. The van der Waals surface area contributed by atoms with E-state index >= 15 is 0 Å². The van der Waals surface area contributed by atoms with Gasteiger partial charge in [0.1, 0.15) is 6.54 Å². The van der Waals surface area contributed by atoms with Gasteiger partial charge < -0.3 is 10.1 Å². The highest BCUT2D eigenvalue weighted by atomic mass is 32.2. The van der Waals surface area contributed by atoms with E-state index in [4.69, 9.17) is 0 Å². The fourth-order valence-electron chi connectivity index (χ4n) is 1.95. The molecule has 2 aromatic carbocycles. The van der Waals surface area contributed by atoms with Crippen LogP contribution in [-0.4, -0.2) is 39.6 Å². The van der Waals surface area contributed by atoms with Crippen LogP contribution < -0.4 is 10.0 Å². The number of carbonyl (C=O) groups is 2. The highest BCUT2D eigenvalue weighted by Gasteiger charge is 2.27. The van der Waals surface area contributed by atoms with Crippen LogP contribution in [0, 0.1) is 0 Å². The lowest BCUT2D eigenvalue weighted by Crippen LogP contribution is -2.36. The summed E-state index contributed by atoms with van der Waals surface area (Å²) < 4.78 is 67.4. The van der Waals surface area contributed by atoms with Crippen LogP contribution >= 0.6 is 0 Å². The van der Waals surface area contributed by atoms with E-state index in [0.29, 0.717) is 5.69 Å². The molecule has 28 heavy (non-hydrogen) atoms. The number of para-hydroxylation sites is 1. The molecule has 0 bridgehead atoms. The number of amides is 1. The fourth-order valence-corrected chi connectivity index (χ4v) is 3.01. The second kappa shape index (κ2) is 8.74. The van der Waals surface area contributed by atoms with Crippen LogP contribution in [0.2, 0.25) is 0 Å². The number of sulfonamides is 1. The topological polar surface area (TPSA) is 102 Å². The molecule has 0 spiro atoms. The Morgan fingerprint density at radius 1 is 0.964 bits per heavy atom. The molecule has 2 rings (SSSR count). The Kier molecular flexibility index (Phi) is 6.62. The number of hydrogen-bond acceptors (Lipinski definition) is 5. The fraction of sp³-hybridized carbons (Fsp3) is 0.176. The normalized spacial score (nSPS) is 11.5. The molecule has 1 amide bonds. The Bertz CT molecular complexity index is 930. The molecule has 150 valence electrons. The number of ether oxygens (including phenoxy) is 1. The number of hydrogen-bond donors (Lipinski definition) is 2. The zero-order valence-electron chi connectivity index (χ0n) is 14.2. The second-order valence-electron chi connectivity index (χ2n) is 5.46. The lowest BCUT2D eigenvalue weighted by Gasteiger charge is -2.10. The molecule has 0 atom stereocenters. The quantitative estimate of drug-likeness (QED) is 0.675. The van der Waals surface area contributed by atoms with Crippen molar-refractivity contribution in [3.05, 3.63) is 60.2 Å². The van der Waals surface area contributed by atoms with Crippen molar-refractivity contribution in [2.24, 2.45) is 0 Å². The summed E-state index contributed by atoms with van der Waals surface area (Å²) >= 11 is 0. The first-order chi connectivity index (χ1) is 13.1. The van der Waals surface area contributed by atoms with Gasteiger partial charge in [-0.15, -0.1) is 0 Å². The van der Waals surface area contributed by atoms with E-state index in [2.05, 4.69) is 9.46 Å². The predicted octanol–water partition coefficient (Wildman–Crippen LogP) is 2.32. The molecule has 0 aliphatic rings. The van der Waals surface area contributed by atoms with Crippen LogP contribution in [0.5, 0.6) is 0 Å². The molecule has 0 saturated heterocycles. The first-order valence-corrected chi connectivity index (χ1v) is 9.24. The summed E-state index contributed by atoms with van der Waals surface area (Å²) in [6, 6.07) is 12.8. The molecular formula is C17H15F3N2O5S. The van der Waals surface area contributed by atoms with Crippen molar-refractivity contribution in [2.45, 2.75) is 11.1 Å². The maximum Gasteiger partial charge on any atom is 0.405 e. The number of benzene rings is 2. The van der Waals surface area contributed by atoms with E-state index < -0.39 is 41.2 Å². The van der Waals surface area contributed by atoms with Gasteiger partial charge in [-0.05, 0) is 36.4 Å². The minimum atomic E-state index is -4.57. The number of rotatable bonds is 7. The smallest absolute Gasteiger partial charge is 0.405 e. The Balaban J connectivity index is 1.94. The summed E-state index contributed by atoms with van der Waals surface area (Å²) in [5.74, 6) is -2.10. The summed E-state index contributed by atoms with van der Waals surface area (Å²) in [5, 5.41) is 1.55. The summed E-state index contributed by atoms with van der Waals surface area (Å²) in [5.41, 5.74) is 0.290. The van der Waals surface area contributed by atoms with E-state index in [1.807, 2.05) is 0 Å². The average molecular weight is 416 g/mol. The minimum absolute atomic E-state index is 0.0673. The SMILES string of the molecule is O=C(COC(=O)c1ccc(S(=O)(=O)Nc2ccccc2)cc1)NCC(F)(F)F. The predicted molar refractivity (Wildman–Crippen MR) is 93.0 cm³/mol. The summed E-state index contributed by atoms with van der Waals surface area (Å²) in [7, 11) is -3.88. The third kappa shape index (κ3) is 6.58. The van der Waals surface area contributed by atoms with Gasteiger partial charge in [-0.2, -0.15) is 13.2 Å². The molecule has 0 aromatic heterocycles. The third-order valence-electron chi connectivity index (χ3n) is 3.25. The number of nitrogens with one attached hydrogen (secondary N) is 2. The Hall–Kier alpha value is -3.08. The van der Waals surface area contributed by atoms with Gasteiger partial charge in [0.25, 0.3) is 15.9 Å². The summed E-state index contributed by atoms with van der Waals surface area (Å²) in [4.78, 5) is 22.9. The molecule has 0 radical (unpaired) electrons. The van der Waals surface area contributed by atoms with E-state index in [9.17, 15) is 31.2 Å². The Labute approximate surface area is 158 Å². The number of carbonyl (C=O) groups excluding carboxylic acids is 2. The number of halogens is 3. The van der Waals surface area contributed by atoms with Crippen LogP contribution in [0.4, 0.5) is 18.9 Å². The number of esters is 1. The van der Waals surface area contributed by atoms with Gasteiger partial charge in [-0.25, -0.2) is 13.2 Å². The maximum atomic E-state index is 12.3.